The first kappa shape index (κ1) is 27.6. The second-order valence-corrected chi connectivity index (χ2v) is 9.92. The normalized spacial score (nSPS) is 14.9. The number of likely N-dealkylation sites (tertiary alicyclic amines) is 1. The van der Waals surface area contributed by atoms with Crippen LogP contribution < -0.4 is 15.2 Å². The molecule has 0 bridgehead atoms. The van der Waals surface area contributed by atoms with Crippen molar-refractivity contribution >= 4 is 23.3 Å². The highest BCUT2D eigenvalue weighted by Crippen LogP contribution is 2.32. The second kappa shape index (κ2) is 13.4. The number of rotatable bonds is 10. The molecule has 1 saturated carbocycles. The number of primary amides is 1. The summed E-state index contributed by atoms with van der Waals surface area (Å²) in [7, 11) is 0. The average Bonchev–Trinajstić information content (AvgIpc) is 3.58. The molecular formula is C30H32ClFN2O4. The van der Waals surface area contributed by atoms with E-state index >= 15 is 0 Å². The third-order valence-electron chi connectivity index (χ3n) is 6.34. The van der Waals surface area contributed by atoms with E-state index in [4.69, 9.17) is 26.8 Å². The van der Waals surface area contributed by atoms with Crippen LogP contribution in [-0.2, 0) is 11.2 Å². The molecule has 1 aliphatic carbocycles. The van der Waals surface area contributed by atoms with Crippen LogP contribution in [0.4, 0.5) is 4.39 Å². The van der Waals surface area contributed by atoms with Crippen molar-refractivity contribution in [1.29, 1.82) is 0 Å². The topological polar surface area (TPSA) is 81.9 Å². The molecule has 2 N–H and O–H groups in total. The summed E-state index contributed by atoms with van der Waals surface area (Å²) in [6, 6.07) is 17.7. The molecule has 0 atom stereocenters. The van der Waals surface area contributed by atoms with Gasteiger partial charge in [-0.2, -0.15) is 0 Å². The minimum atomic E-state index is -1.01. The largest absolute Gasteiger partial charge is 0.489 e. The van der Waals surface area contributed by atoms with Crippen LogP contribution in [0.2, 0.25) is 5.02 Å². The fourth-order valence-corrected chi connectivity index (χ4v) is 4.38. The lowest BCUT2D eigenvalue weighted by molar-refractivity contribution is -0.114. The SMILES string of the molecule is Clc1cc(CCCN2CCCC2)ccc1OC1CC1.NC(=O)C(=O)c1ccc(Oc2ccc(F)cc2)cc1. The molecule has 0 spiro atoms. The Morgan fingerprint density at radius 1 is 0.947 bits per heavy atom. The number of ether oxygens (including phenoxy) is 2. The van der Waals surface area contributed by atoms with Crippen molar-refractivity contribution in [2.24, 2.45) is 5.73 Å². The molecular weight excluding hydrogens is 507 g/mol. The minimum Gasteiger partial charge on any atom is -0.489 e. The van der Waals surface area contributed by atoms with Gasteiger partial charge in [-0.3, -0.25) is 9.59 Å². The van der Waals surface area contributed by atoms with E-state index < -0.39 is 11.7 Å². The number of aryl methyl sites for hydroxylation is 1. The van der Waals surface area contributed by atoms with E-state index in [0.717, 1.165) is 17.2 Å². The van der Waals surface area contributed by atoms with Crippen molar-refractivity contribution in [2.45, 2.75) is 44.6 Å². The van der Waals surface area contributed by atoms with Gasteiger partial charge in [-0.1, -0.05) is 17.7 Å². The zero-order valence-electron chi connectivity index (χ0n) is 21.2. The minimum absolute atomic E-state index is 0.193. The summed E-state index contributed by atoms with van der Waals surface area (Å²) >= 11 is 6.27. The molecule has 200 valence electrons. The molecule has 1 aliphatic heterocycles. The summed E-state index contributed by atoms with van der Waals surface area (Å²) in [5, 5.41) is 0.769. The van der Waals surface area contributed by atoms with E-state index in [2.05, 4.69) is 17.0 Å². The number of benzene rings is 3. The molecule has 1 saturated heterocycles. The van der Waals surface area contributed by atoms with Crippen LogP contribution in [0.1, 0.15) is 48.0 Å². The van der Waals surface area contributed by atoms with Gasteiger partial charge in [-0.05, 0) is 124 Å². The third-order valence-corrected chi connectivity index (χ3v) is 6.64. The molecule has 0 aromatic heterocycles. The van der Waals surface area contributed by atoms with E-state index in [9.17, 15) is 14.0 Å². The van der Waals surface area contributed by atoms with Gasteiger partial charge < -0.3 is 20.1 Å². The summed E-state index contributed by atoms with van der Waals surface area (Å²) in [6.07, 6.45) is 7.84. The molecule has 8 heteroatoms. The standard InChI is InChI=1S/C16H22ClNO.C14H10FNO3/c17-15-12-13(4-3-11-18-9-1-2-10-18)5-8-16(15)19-14-6-7-14;15-10-3-7-12(8-4-10)19-11-5-1-9(2-6-11)13(17)14(16)18/h5,8,12,14H,1-4,6-7,9-11H2;1-8H,(H2,16,18). The Kier molecular flexibility index (Phi) is 9.73. The number of nitrogens with two attached hydrogens (primary N) is 1. The zero-order valence-corrected chi connectivity index (χ0v) is 22.0. The van der Waals surface area contributed by atoms with Gasteiger partial charge >= 0.3 is 0 Å². The Labute approximate surface area is 227 Å². The molecule has 2 fully saturated rings. The predicted octanol–water partition coefficient (Wildman–Crippen LogP) is 6.20. The number of carbonyl (C=O) groups excluding carboxylic acids is 2. The lowest BCUT2D eigenvalue weighted by atomic mass is 10.1. The van der Waals surface area contributed by atoms with E-state index in [1.165, 1.54) is 106 Å². The fourth-order valence-electron chi connectivity index (χ4n) is 4.13. The van der Waals surface area contributed by atoms with E-state index in [0.29, 0.717) is 17.6 Å². The average molecular weight is 539 g/mol. The Morgan fingerprint density at radius 3 is 2.16 bits per heavy atom. The second-order valence-electron chi connectivity index (χ2n) is 9.51. The summed E-state index contributed by atoms with van der Waals surface area (Å²) in [6.45, 7) is 3.79. The van der Waals surface area contributed by atoms with Gasteiger partial charge in [0.2, 0.25) is 5.78 Å². The van der Waals surface area contributed by atoms with Crippen molar-refractivity contribution in [3.63, 3.8) is 0 Å². The van der Waals surface area contributed by atoms with Gasteiger partial charge in [0.05, 0.1) is 11.1 Å². The van der Waals surface area contributed by atoms with Crippen LogP contribution in [0, 0.1) is 5.82 Å². The van der Waals surface area contributed by atoms with Gasteiger partial charge in [0, 0.05) is 5.56 Å². The molecule has 1 amide bonds. The zero-order chi connectivity index (χ0) is 26.9. The highest BCUT2D eigenvalue weighted by atomic mass is 35.5. The van der Waals surface area contributed by atoms with Gasteiger partial charge in [0.25, 0.3) is 5.91 Å². The van der Waals surface area contributed by atoms with E-state index in [1.807, 2.05) is 6.07 Å². The van der Waals surface area contributed by atoms with Crippen LogP contribution in [0.5, 0.6) is 17.2 Å². The summed E-state index contributed by atoms with van der Waals surface area (Å²) in [5.74, 6) is -0.328. The van der Waals surface area contributed by atoms with E-state index in [-0.39, 0.29) is 11.4 Å². The summed E-state index contributed by atoms with van der Waals surface area (Å²) in [5.41, 5.74) is 6.41. The number of nitrogens with zero attached hydrogens (tertiary/aromatic N) is 1. The van der Waals surface area contributed by atoms with Crippen molar-refractivity contribution in [2.75, 3.05) is 19.6 Å². The highest BCUT2D eigenvalue weighted by molar-refractivity contribution is 6.42. The number of amides is 1. The molecule has 2 aliphatic rings. The van der Waals surface area contributed by atoms with Gasteiger partial charge in [0.1, 0.15) is 23.1 Å². The number of ketones is 1. The first-order chi connectivity index (χ1) is 18.4. The maximum absolute atomic E-state index is 12.7. The number of hydrogen-bond donors (Lipinski definition) is 1. The Hall–Kier alpha value is -3.42. The van der Waals surface area contributed by atoms with Crippen LogP contribution in [0.15, 0.2) is 66.7 Å². The molecule has 1 heterocycles. The number of carbonyl (C=O) groups is 2. The first-order valence-corrected chi connectivity index (χ1v) is 13.3. The first-order valence-electron chi connectivity index (χ1n) is 12.9. The molecule has 5 rings (SSSR count). The number of halogens is 2. The van der Waals surface area contributed by atoms with Gasteiger partial charge in [0.15, 0.2) is 0 Å². The Balaban J connectivity index is 0.000000177. The van der Waals surface area contributed by atoms with Gasteiger partial charge in [-0.25, -0.2) is 4.39 Å². The molecule has 3 aromatic carbocycles. The summed E-state index contributed by atoms with van der Waals surface area (Å²) < 4.78 is 23.9. The summed E-state index contributed by atoms with van der Waals surface area (Å²) in [4.78, 5) is 24.6. The molecule has 6 nitrogen and oxygen atoms in total. The van der Waals surface area contributed by atoms with Crippen molar-refractivity contribution < 1.29 is 23.5 Å². The lowest BCUT2D eigenvalue weighted by Gasteiger charge is -2.14. The maximum atomic E-state index is 12.7. The monoisotopic (exact) mass is 538 g/mol. The Morgan fingerprint density at radius 2 is 1.58 bits per heavy atom. The van der Waals surface area contributed by atoms with Crippen molar-refractivity contribution in [1.82, 2.24) is 4.90 Å². The van der Waals surface area contributed by atoms with Crippen LogP contribution in [0.25, 0.3) is 0 Å². The maximum Gasteiger partial charge on any atom is 0.289 e. The molecule has 0 unspecified atom stereocenters. The van der Waals surface area contributed by atoms with Gasteiger partial charge in [-0.15, -0.1) is 0 Å². The molecule has 0 radical (unpaired) electrons. The Bertz CT molecular complexity index is 1220. The van der Waals surface area contributed by atoms with Crippen LogP contribution >= 0.6 is 11.6 Å². The third kappa shape index (κ3) is 8.57. The smallest absolute Gasteiger partial charge is 0.289 e. The number of hydrogen-bond acceptors (Lipinski definition) is 5. The lowest BCUT2D eigenvalue weighted by Crippen LogP contribution is -2.22. The quantitative estimate of drug-likeness (QED) is 0.246. The number of Topliss-reactive ketones (excluding diaryl/α,β-unsaturated/α-hetero) is 1. The van der Waals surface area contributed by atoms with Crippen LogP contribution in [-0.4, -0.2) is 42.3 Å². The highest BCUT2D eigenvalue weighted by Gasteiger charge is 2.24. The predicted molar refractivity (Wildman–Crippen MR) is 146 cm³/mol. The van der Waals surface area contributed by atoms with Crippen molar-refractivity contribution in [3.8, 4) is 17.2 Å². The van der Waals surface area contributed by atoms with Crippen LogP contribution in [0.3, 0.4) is 0 Å². The van der Waals surface area contributed by atoms with E-state index in [1.54, 1.807) is 0 Å². The fraction of sp³-hybridized carbons (Fsp3) is 0.333. The molecule has 38 heavy (non-hydrogen) atoms. The van der Waals surface area contributed by atoms with Crippen molar-refractivity contribution in [3.05, 3.63) is 88.7 Å². The molecule has 3 aromatic rings.